The van der Waals surface area contributed by atoms with Gasteiger partial charge in [0.2, 0.25) is 0 Å². The minimum atomic E-state index is 1.21. The lowest BCUT2D eigenvalue weighted by atomic mass is 10.0. The first-order valence-corrected chi connectivity index (χ1v) is 17.3. The molecule has 0 nitrogen and oxygen atoms in total. The summed E-state index contributed by atoms with van der Waals surface area (Å²) in [4.78, 5) is 0. The lowest BCUT2D eigenvalue weighted by Gasteiger charge is -2.04. The lowest BCUT2D eigenvalue weighted by molar-refractivity contribution is 0.518. The molecule has 1 rings (SSSR count). The molecule has 0 bridgehead atoms. The first-order valence-electron chi connectivity index (χ1n) is 17.3. The van der Waals surface area contributed by atoms with E-state index in [4.69, 9.17) is 0 Å². The van der Waals surface area contributed by atoms with Gasteiger partial charge in [0, 0.05) is 0 Å². The quantitative estimate of drug-likeness (QED) is 0.284. The Bertz CT molecular complexity index is 672. The van der Waals surface area contributed by atoms with E-state index in [0.717, 1.165) is 0 Å². The van der Waals surface area contributed by atoms with E-state index >= 15 is 0 Å². The van der Waals surface area contributed by atoms with Gasteiger partial charge in [-0.25, -0.2) is 0 Å². The van der Waals surface area contributed by atoms with Crippen LogP contribution in [0, 0.1) is 0 Å². The first kappa shape index (κ1) is 35.9. The molecule has 0 atom stereocenters. The highest BCUT2D eigenvalue weighted by Crippen LogP contribution is 2.15. The molecule has 0 aromatic heterocycles. The second-order valence-corrected chi connectivity index (χ2v) is 11.5. The summed E-state index contributed by atoms with van der Waals surface area (Å²) in [5, 5.41) is 0. The van der Waals surface area contributed by atoms with Crippen LogP contribution in [0.3, 0.4) is 0 Å². The average molecular weight is 545 g/mol. The molecule has 0 heterocycles. The van der Waals surface area contributed by atoms with Gasteiger partial charge in [-0.2, -0.15) is 0 Å². The number of hydrogen-bond acceptors (Lipinski definition) is 0. The van der Waals surface area contributed by atoms with Crippen LogP contribution in [0.15, 0.2) is 97.2 Å². The van der Waals surface area contributed by atoms with Crippen molar-refractivity contribution >= 4 is 0 Å². The average Bonchev–Trinajstić information content (AvgIpc) is 2.97. The van der Waals surface area contributed by atoms with Crippen LogP contribution in [-0.2, 0) is 0 Å². The summed E-state index contributed by atoms with van der Waals surface area (Å²) in [5.41, 5.74) is 0. The normalized spacial score (nSPS) is 20.8. The fraction of sp³-hybridized carbons (Fsp3) is 0.600. The lowest BCUT2D eigenvalue weighted by Crippen LogP contribution is -1.84. The molecule has 0 heteroatoms. The molecule has 0 saturated heterocycles. The highest BCUT2D eigenvalue weighted by Gasteiger charge is 1.96. The van der Waals surface area contributed by atoms with E-state index in [1.165, 1.54) is 154 Å². The largest absolute Gasteiger partial charge is 0.0845 e. The summed E-state index contributed by atoms with van der Waals surface area (Å²) >= 11 is 0. The SMILES string of the molecule is C1=CC=CC=CC=CCCCCCCCCCCCCCCCCCCCCCCCCC=CC=CC=CC=C1. The molecule has 0 radical (unpaired) electrons. The number of allylic oxidation sites excluding steroid dienone is 16. The molecule has 0 aromatic carbocycles. The Labute approximate surface area is 250 Å². The van der Waals surface area contributed by atoms with E-state index in [9.17, 15) is 0 Å². The third kappa shape index (κ3) is 30.5. The van der Waals surface area contributed by atoms with Crippen molar-refractivity contribution in [1.82, 2.24) is 0 Å². The van der Waals surface area contributed by atoms with Crippen molar-refractivity contribution in [2.45, 2.75) is 154 Å². The fourth-order valence-electron chi connectivity index (χ4n) is 5.18. The second kappa shape index (κ2) is 33.1. The molecule has 40 heavy (non-hydrogen) atoms. The molecule has 0 saturated carbocycles. The Balaban J connectivity index is 2.24. The zero-order chi connectivity index (χ0) is 28.3. The van der Waals surface area contributed by atoms with Crippen molar-refractivity contribution < 1.29 is 0 Å². The van der Waals surface area contributed by atoms with E-state index < -0.39 is 0 Å². The predicted molar refractivity (Wildman–Crippen MR) is 184 cm³/mol. The van der Waals surface area contributed by atoms with Gasteiger partial charge in [0.15, 0.2) is 0 Å². The monoisotopic (exact) mass is 545 g/mol. The Hall–Kier alpha value is -2.08. The summed E-state index contributed by atoms with van der Waals surface area (Å²) < 4.78 is 0. The van der Waals surface area contributed by atoms with Crippen LogP contribution in [0.5, 0.6) is 0 Å². The van der Waals surface area contributed by atoms with Crippen molar-refractivity contribution in [3.05, 3.63) is 97.2 Å². The van der Waals surface area contributed by atoms with Crippen molar-refractivity contribution in [2.24, 2.45) is 0 Å². The van der Waals surface area contributed by atoms with Gasteiger partial charge in [0.1, 0.15) is 0 Å². The van der Waals surface area contributed by atoms with E-state index in [0.29, 0.717) is 0 Å². The van der Waals surface area contributed by atoms with E-state index in [2.05, 4.69) is 97.2 Å². The van der Waals surface area contributed by atoms with Crippen molar-refractivity contribution in [3.63, 3.8) is 0 Å². The summed E-state index contributed by atoms with van der Waals surface area (Å²) in [6.07, 6.45) is 68.0. The van der Waals surface area contributed by atoms with Gasteiger partial charge >= 0.3 is 0 Å². The van der Waals surface area contributed by atoms with Gasteiger partial charge < -0.3 is 0 Å². The summed E-state index contributed by atoms with van der Waals surface area (Å²) in [7, 11) is 0. The molecule has 224 valence electrons. The van der Waals surface area contributed by atoms with E-state index in [1.807, 2.05) is 0 Å². The maximum absolute atomic E-state index is 2.31. The second-order valence-electron chi connectivity index (χ2n) is 11.5. The minimum absolute atomic E-state index is 1.21. The van der Waals surface area contributed by atoms with Crippen LogP contribution in [0.25, 0.3) is 0 Å². The van der Waals surface area contributed by atoms with Crippen molar-refractivity contribution in [1.29, 1.82) is 0 Å². The van der Waals surface area contributed by atoms with Crippen LogP contribution in [-0.4, -0.2) is 0 Å². The van der Waals surface area contributed by atoms with Gasteiger partial charge in [-0.3, -0.25) is 0 Å². The van der Waals surface area contributed by atoms with Gasteiger partial charge in [-0.05, 0) is 25.7 Å². The van der Waals surface area contributed by atoms with Crippen LogP contribution in [0.4, 0.5) is 0 Å². The van der Waals surface area contributed by atoms with E-state index in [1.54, 1.807) is 0 Å². The first-order chi connectivity index (χ1) is 20.0. The molecule has 0 aliphatic heterocycles. The fourth-order valence-corrected chi connectivity index (χ4v) is 5.18. The smallest absolute Gasteiger partial charge is 0.0348 e. The molecule has 0 N–H and O–H groups in total. The van der Waals surface area contributed by atoms with Crippen LogP contribution in [0.1, 0.15) is 154 Å². The predicted octanol–water partition coefficient (Wildman–Crippen LogP) is 13.8. The zero-order valence-electron chi connectivity index (χ0n) is 26.2. The standard InChI is InChI=1S/C40H64/c1-2-4-6-8-10-12-14-16-18-20-22-24-26-28-30-32-34-36-38-40-39-37-35-33-31-29-27-25-23-21-19-17-15-13-11-9-7-5-3-1/h1-16H,17-40H2. The highest BCUT2D eigenvalue weighted by atomic mass is 14.0. The van der Waals surface area contributed by atoms with Crippen molar-refractivity contribution in [2.75, 3.05) is 0 Å². The maximum Gasteiger partial charge on any atom is -0.0348 e. The summed E-state index contributed by atoms with van der Waals surface area (Å²) in [6.45, 7) is 0. The molecule has 1 aliphatic rings. The molecular weight excluding hydrogens is 480 g/mol. The maximum atomic E-state index is 2.31. The van der Waals surface area contributed by atoms with Gasteiger partial charge in [0.05, 0.1) is 0 Å². The van der Waals surface area contributed by atoms with Gasteiger partial charge in [-0.15, -0.1) is 0 Å². The Kier molecular flexibility index (Phi) is 29.8. The molecule has 0 spiro atoms. The molecule has 1 aliphatic carbocycles. The Morgan fingerprint density at radius 3 is 0.500 bits per heavy atom. The van der Waals surface area contributed by atoms with E-state index in [-0.39, 0.29) is 0 Å². The molecule has 0 fully saturated rings. The Morgan fingerprint density at radius 2 is 0.300 bits per heavy atom. The van der Waals surface area contributed by atoms with Gasteiger partial charge in [0.25, 0.3) is 0 Å². The highest BCUT2D eigenvalue weighted by molar-refractivity contribution is 5.21. The Morgan fingerprint density at radius 1 is 0.150 bits per heavy atom. The molecule has 0 unspecified atom stereocenters. The number of rotatable bonds is 0. The zero-order valence-corrected chi connectivity index (χ0v) is 26.2. The number of hydrogen-bond donors (Lipinski definition) is 0. The van der Waals surface area contributed by atoms with Crippen LogP contribution < -0.4 is 0 Å². The third-order valence-corrected chi connectivity index (χ3v) is 7.71. The topological polar surface area (TPSA) is 0 Å². The van der Waals surface area contributed by atoms with Crippen molar-refractivity contribution in [3.8, 4) is 0 Å². The molecular formula is C40H64. The summed E-state index contributed by atoms with van der Waals surface area (Å²) in [6, 6.07) is 0. The summed E-state index contributed by atoms with van der Waals surface area (Å²) in [5.74, 6) is 0. The molecule has 0 aromatic rings. The molecule has 0 amide bonds. The minimum Gasteiger partial charge on any atom is -0.0845 e. The third-order valence-electron chi connectivity index (χ3n) is 7.71. The van der Waals surface area contributed by atoms with Gasteiger partial charge in [-0.1, -0.05) is 226 Å². The van der Waals surface area contributed by atoms with Crippen LogP contribution >= 0.6 is 0 Å². The van der Waals surface area contributed by atoms with Crippen LogP contribution in [0.2, 0.25) is 0 Å².